The monoisotopic (exact) mass is 304 g/mol. The van der Waals surface area contributed by atoms with Gasteiger partial charge in [-0.15, -0.1) is 0 Å². The Morgan fingerprint density at radius 1 is 0.870 bits per heavy atom. The highest BCUT2D eigenvalue weighted by molar-refractivity contribution is 5.64. The minimum absolute atomic E-state index is 0.318. The van der Waals surface area contributed by atoms with Gasteiger partial charge in [-0.1, -0.05) is 42.5 Å². The standard InChI is InChI=1S/C18H13FN4/c19-14-8-4-5-9-16(14)21-18-12-20-17-11-10-15(22-23(17)18)13-6-2-1-3-7-13/h1-12,21H. The van der Waals surface area contributed by atoms with Crippen LogP contribution in [0, 0.1) is 5.82 Å². The van der Waals surface area contributed by atoms with Gasteiger partial charge in [-0.3, -0.25) is 0 Å². The SMILES string of the molecule is Fc1ccccc1Nc1cnc2ccc(-c3ccccc3)nn12. The van der Waals surface area contributed by atoms with Crippen molar-refractivity contribution >= 4 is 17.2 Å². The molecule has 0 radical (unpaired) electrons. The van der Waals surface area contributed by atoms with Crippen molar-refractivity contribution in [3.8, 4) is 11.3 Å². The van der Waals surface area contributed by atoms with Crippen LogP contribution in [0.1, 0.15) is 0 Å². The van der Waals surface area contributed by atoms with Gasteiger partial charge in [-0.2, -0.15) is 9.61 Å². The van der Waals surface area contributed by atoms with Crippen LogP contribution in [-0.2, 0) is 0 Å². The van der Waals surface area contributed by atoms with Gasteiger partial charge in [0.2, 0.25) is 0 Å². The molecule has 4 aromatic rings. The van der Waals surface area contributed by atoms with Gasteiger partial charge in [-0.25, -0.2) is 9.37 Å². The number of imidazole rings is 1. The number of hydrogen-bond acceptors (Lipinski definition) is 3. The van der Waals surface area contributed by atoms with Crippen molar-refractivity contribution in [2.45, 2.75) is 0 Å². The van der Waals surface area contributed by atoms with Gasteiger partial charge >= 0.3 is 0 Å². The Bertz CT molecular complexity index is 963. The summed E-state index contributed by atoms with van der Waals surface area (Å²) in [6.45, 7) is 0. The molecule has 4 rings (SSSR count). The molecule has 0 unspecified atom stereocenters. The van der Waals surface area contributed by atoms with Crippen molar-refractivity contribution in [2.75, 3.05) is 5.32 Å². The van der Waals surface area contributed by atoms with Gasteiger partial charge in [0.05, 0.1) is 17.6 Å². The molecule has 112 valence electrons. The molecule has 0 fully saturated rings. The summed E-state index contributed by atoms with van der Waals surface area (Å²) in [6.07, 6.45) is 1.64. The Hall–Kier alpha value is -3.21. The van der Waals surface area contributed by atoms with Crippen molar-refractivity contribution in [3.63, 3.8) is 0 Å². The van der Waals surface area contributed by atoms with E-state index in [2.05, 4.69) is 15.4 Å². The Labute approximate surface area is 132 Å². The van der Waals surface area contributed by atoms with Crippen LogP contribution in [0.4, 0.5) is 15.9 Å². The maximum Gasteiger partial charge on any atom is 0.155 e. The molecule has 0 aliphatic heterocycles. The van der Waals surface area contributed by atoms with Crippen LogP contribution in [0.2, 0.25) is 0 Å². The average Bonchev–Trinajstić information content (AvgIpc) is 3.00. The molecule has 1 N–H and O–H groups in total. The molecule has 2 aromatic heterocycles. The molecule has 5 heteroatoms. The number of anilines is 2. The van der Waals surface area contributed by atoms with Crippen LogP contribution in [0.15, 0.2) is 72.9 Å². The van der Waals surface area contributed by atoms with Crippen molar-refractivity contribution in [1.82, 2.24) is 14.6 Å². The first-order chi connectivity index (χ1) is 11.3. The second-order valence-corrected chi connectivity index (χ2v) is 5.10. The highest BCUT2D eigenvalue weighted by Crippen LogP contribution is 2.22. The Morgan fingerprint density at radius 3 is 2.48 bits per heavy atom. The zero-order valence-electron chi connectivity index (χ0n) is 12.1. The number of fused-ring (bicyclic) bond motifs is 1. The van der Waals surface area contributed by atoms with Crippen molar-refractivity contribution < 1.29 is 4.39 Å². The molecule has 23 heavy (non-hydrogen) atoms. The van der Waals surface area contributed by atoms with Crippen LogP contribution in [0.25, 0.3) is 16.9 Å². The first-order valence-corrected chi connectivity index (χ1v) is 7.23. The third kappa shape index (κ3) is 2.53. The third-order valence-electron chi connectivity index (χ3n) is 3.57. The molecule has 0 aliphatic rings. The maximum absolute atomic E-state index is 13.8. The minimum Gasteiger partial charge on any atom is -0.336 e. The van der Waals surface area contributed by atoms with E-state index >= 15 is 0 Å². The minimum atomic E-state index is -0.318. The molecule has 0 spiro atoms. The second kappa shape index (κ2) is 5.53. The summed E-state index contributed by atoms with van der Waals surface area (Å²) in [5.41, 5.74) is 2.93. The maximum atomic E-state index is 13.8. The molecule has 2 heterocycles. The fourth-order valence-corrected chi connectivity index (χ4v) is 2.42. The largest absolute Gasteiger partial charge is 0.336 e. The topological polar surface area (TPSA) is 42.2 Å². The van der Waals surface area contributed by atoms with Gasteiger partial charge in [0, 0.05) is 5.56 Å². The molecule has 0 amide bonds. The predicted octanol–water partition coefficient (Wildman–Crippen LogP) is 4.28. The summed E-state index contributed by atoms with van der Waals surface area (Å²) in [5, 5.41) is 7.64. The molecule has 0 atom stereocenters. The summed E-state index contributed by atoms with van der Waals surface area (Å²) >= 11 is 0. The Balaban J connectivity index is 1.78. The van der Waals surface area contributed by atoms with Gasteiger partial charge in [0.15, 0.2) is 11.5 Å². The lowest BCUT2D eigenvalue weighted by Crippen LogP contribution is -2.01. The predicted molar refractivity (Wildman–Crippen MR) is 88.1 cm³/mol. The summed E-state index contributed by atoms with van der Waals surface area (Å²) in [6, 6.07) is 20.2. The number of benzene rings is 2. The second-order valence-electron chi connectivity index (χ2n) is 5.10. The van der Waals surface area contributed by atoms with Crippen molar-refractivity contribution in [2.24, 2.45) is 0 Å². The lowest BCUT2D eigenvalue weighted by Gasteiger charge is -2.07. The fourth-order valence-electron chi connectivity index (χ4n) is 2.42. The lowest BCUT2D eigenvalue weighted by molar-refractivity contribution is 0.631. The average molecular weight is 304 g/mol. The van der Waals surface area contributed by atoms with E-state index in [1.807, 2.05) is 42.5 Å². The smallest absolute Gasteiger partial charge is 0.155 e. The molecule has 0 bridgehead atoms. The highest BCUT2D eigenvalue weighted by Gasteiger charge is 2.09. The normalized spacial score (nSPS) is 10.8. The number of rotatable bonds is 3. The lowest BCUT2D eigenvalue weighted by atomic mass is 10.1. The number of nitrogens with one attached hydrogen (secondary N) is 1. The summed E-state index contributed by atoms with van der Waals surface area (Å²) in [7, 11) is 0. The number of para-hydroxylation sites is 1. The highest BCUT2D eigenvalue weighted by atomic mass is 19.1. The molecule has 0 saturated heterocycles. The summed E-state index contributed by atoms with van der Waals surface area (Å²) < 4.78 is 15.5. The van der Waals surface area contributed by atoms with E-state index in [0.29, 0.717) is 17.2 Å². The van der Waals surface area contributed by atoms with Gasteiger partial charge in [-0.05, 0) is 24.3 Å². The summed E-state index contributed by atoms with van der Waals surface area (Å²) in [5.74, 6) is 0.296. The Kier molecular flexibility index (Phi) is 3.24. The van der Waals surface area contributed by atoms with Gasteiger partial charge in [0.25, 0.3) is 0 Å². The molecule has 0 saturated carbocycles. The van der Waals surface area contributed by atoms with Gasteiger partial charge in [0.1, 0.15) is 5.82 Å². The molecular weight excluding hydrogens is 291 g/mol. The quantitative estimate of drug-likeness (QED) is 0.614. The van der Waals surface area contributed by atoms with Crippen molar-refractivity contribution in [1.29, 1.82) is 0 Å². The van der Waals surface area contributed by atoms with Crippen LogP contribution in [-0.4, -0.2) is 14.6 Å². The molecular formula is C18H13FN4. The molecule has 4 nitrogen and oxygen atoms in total. The van der Waals surface area contributed by atoms with Gasteiger partial charge < -0.3 is 5.32 Å². The molecule has 2 aromatic carbocycles. The van der Waals surface area contributed by atoms with Crippen LogP contribution in [0.5, 0.6) is 0 Å². The number of aromatic nitrogens is 3. The number of nitrogens with zero attached hydrogens (tertiary/aromatic N) is 3. The van der Waals surface area contributed by atoms with E-state index in [-0.39, 0.29) is 5.82 Å². The zero-order valence-corrected chi connectivity index (χ0v) is 12.1. The van der Waals surface area contributed by atoms with E-state index in [4.69, 9.17) is 0 Å². The van der Waals surface area contributed by atoms with E-state index in [1.165, 1.54) is 6.07 Å². The fraction of sp³-hybridized carbons (Fsp3) is 0. The zero-order chi connectivity index (χ0) is 15.6. The van der Waals surface area contributed by atoms with E-state index in [1.54, 1.807) is 28.9 Å². The number of halogens is 1. The van der Waals surface area contributed by atoms with Crippen molar-refractivity contribution in [3.05, 3.63) is 78.7 Å². The Morgan fingerprint density at radius 2 is 1.65 bits per heavy atom. The van der Waals surface area contributed by atoms with E-state index < -0.39 is 0 Å². The van der Waals surface area contributed by atoms with Crippen LogP contribution in [0.3, 0.4) is 0 Å². The van der Waals surface area contributed by atoms with E-state index in [0.717, 1.165) is 11.3 Å². The van der Waals surface area contributed by atoms with Crippen LogP contribution < -0.4 is 5.32 Å². The first-order valence-electron chi connectivity index (χ1n) is 7.23. The number of hydrogen-bond donors (Lipinski definition) is 1. The molecule has 0 aliphatic carbocycles. The first kappa shape index (κ1) is 13.5. The third-order valence-corrected chi connectivity index (χ3v) is 3.57. The van der Waals surface area contributed by atoms with E-state index in [9.17, 15) is 4.39 Å². The van der Waals surface area contributed by atoms with Crippen LogP contribution >= 0.6 is 0 Å². The summed E-state index contributed by atoms with van der Waals surface area (Å²) in [4.78, 5) is 4.29.